The molecule has 3 heterocycles. The quantitative estimate of drug-likeness (QED) is 0.707. The van der Waals surface area contributed by atoms with Crippen molar-refractivity contribution in [1.82, 2.24) is 9.88 Å². The lowest BCUT2D eigenvalue weighted by atomic mass is 10.1. The molecule has 0 N–H and O–H groups in total. The van der Waals surface area contributed by atoms with Crippen molar-refractivity contribution in [3.63, 3.8) is 0 Å². The van der Waals surface area contributed by atoms with E-state index in [2.05, 4.69) is 4.98 Å². The van der Waals surface area contributed by atoms with Crippen molar-refractivity contribution in [1.29, 1.82) is 0 Å². The highest BCUT2D eigenvalue weighted by atomic mass is 32.1. The summed E-state index contributed by atoms with van der Waals surface area (Å²) < 4.78 is 19.1. The van der Waals surface area contributed by atoms with Gasteiger partial charge in [-0.05, 0) is 35.6 Å². The largest absolute Gasteiger partial charge is 0.445 e. The Hall–Kier alpha value is -2.47. The van der Waals surface area contributed by atoms with Gasteiger partial charge in [0, 0.05) is 19.5 Å². The van der Waals surface area contributed by atoms with Crippen LogP contribution in [0.3, 0.4) is 0 Å². The fourth-order valence-corrected chi connectivity index (χ4v) is 3.83. The zero-order valence-electron chi connectivity index (χ0n) is 13.5. The molecule has 0 saturated carbocycles. The van der Waals surface area contributed by atoms with Crippen LogP contribution >= 0.6 is 11.3 Å². The lowest BCUT2D eigenvalue weighted by Gasteiger charge is -2.14. The number of aromatic nitrogens is 1. The van der Waals surface area contributed by atoms with E-state index in [0.29, 0.717) is 31.2 Å². The minimum atomic E-state index is -0.254. The van der Waals surface area contributed by atoms with Crippen LogP contribution in [0.15, 0.2) is 52.4 Å². The Morgan fingerprint density at radius 1 is 1.36 bits per heavy atom. The van der Waals surface area contributed by atoms with E-state index in [4.69, 9.17) is 4.42 Å². The third kappa shape index (κ3) is 3.49. The molecule has 1 unspecified atom stereocenters. The van der Waals surface area contributed by atoms with Crippen molar-refractivity contribution >= 4 is 17.2 Å². The van der Waals surface area contributed by atoms with Crippen LogP contribution < -0.4 is 0 Å². The topological polar surface area (TPSA) is 46.3 Å². The number of carbonyl (C=O) groups is 1. The van der Waals surface area contributed by atoms with Crippen LogP contribution in [-0.2, 0) is 6.42 Å². The molecule has 128 valence electrons. The molecule has 1 fully saturated rings. The summed E-state index contributed by atoms with van der Waals surface area (Å²) in [6.45, 7) is 1.33. The van der Waals surface area contributed by atoms with Gasteiger partial charge in [-0.2, -0.15) is 0 Å². The van der Waals surface area contributed by atoms with Gasteiger partial charge in [0.2, 0.25) is 0 Å². The van der Waals surface area contributed by atoms with Crippen LogP contribution in [0, 0.1) is 5.82 Å². The van der Waals surface area contributed by atoms with E-state index < -0.39 is 0 Å². The molecule has 1 aliphatic heterocycles. The first-order chi connectivity index (χ1) is 12.2. The van der Waals surface area contributed by atoms with Gasteiger partial charge in [0.15, 0.2) is 5.89 Å². The summed E-state index contributed by atoms with van der Waals surface area (Å²) in [4.78, 5) is 19.4. The Kier molecular flexibility index (Phi) is 4.36. The lowest BCUT2D eigenvalue weighted by Crippen LogP contribution is -2.27. The smallest absolute Gasteiger partial charge is 0.263 e. The first kappa shape index (κ1) is 16.0. The van der Waals surface area contributed by atoms with Crippen LogP contribution in [0.4, 0.5) is 4.39 Å². The fraction of sp³-hybridized carbons (Fsp3) is 0.263. The second kappa shape index (κ2) is 6.80. The SMILES string of the molecule is O=C(c1cccs1)N1CCC(c2ncc(Cc3cccc(F)c3)o2)C1. The molecule has 3 aromatic rings. The molecular formula is C19H17FN2O2S. The number of halogens is 1. The number of carbonyl (C=O) groups excluding carboxylic acids is 1. The highest BCUT2D eigenvalue weighted by Gasteiger charge is 2.31. The van der Waals surface area contributed by atoms with Gasteiger partial charge >= 0.3 is 0 Å². The molecule has 2 aromatic heterocycles. The maximum atomic E-state index is 13.3. The molecular weight excluding hydrogens is 339 g/mol. The predicted molar refractivity (Wildman–Crippen MR) is 93.3 cm³/mol. The van der Waals surface area contributed by atoms with Gasteiger partial charge in [-0.3, -0.25) is 4.79 Å². The molecule has 1 atom stereocenters. The summed E-state index contributed by atoms with van der Waals surface area (Å²) in [6, 6.07) is 10.2. The molecule has 0 radical (unpaired) electrons. The van der Waals surface area contributed by atoms with Gasteiger partial charge in [0.05, 0.1) is 17.0 Å². The number of rotatable bonds is 4. The Morgan fingerprint density at radius 2 is 2.28 bits per heavy atom. The number of nitrogens with zero attached hydrogens (tertiary/aromatic N) is 2. The minimum Gasteiger partial charge on any atom is -0.445 e. The molecule has 0 bridgehead atoms. The molecule has 4 nitrogen and oxygen atoms in total. The van der Waals surface area contributed by atoms with Crippen molar-refractivity contribution in [2.24, 2.45) is 0 Å². The van der Waals surface area contributed by atoms with Crippen molar-refractivity contribution < 1.29 is 13.6 Å². The Morgan fingerprint density at radius 3 is 3.08 bits per heavy atom. The van der Waals surface area contributed by atoms with Gasteiger partial charge in [0.1, 0.15) is 11.6 Å². The van der Waals surface area contributed by atoms with Crippen LogP contribution in [0.5, 0.6) is 0 Å². The molecule has 0 aliphatic carbocycles. The monoisotopic (exact) mass is 356 g/mol. The maximum absolute atomic E-state index is 13.3. The zero-order chi connectivity index (χ0) is 17.2. The van der Waals surface area contributed by atoms with Gasteiger partial charge in [-0.1, -0.05) is 18.2 Å². The molecule has 1 aromatic carbocycles. The molecule has 6 heteroatoms. The molecule has 1 aliphatic rings. The second-order valence-electron chi connectivity index (χ2n) is 6.19. The third-order valence-corrected chi connectivity index (χ3v) is 5.25. The zero-order valence-corrected chi connectivity index (χ0v) is 14.3. The van der Waals surface area contributed by atoms with E-state index in [1.807, 2.05) is 28.5 Å². The van der Waals surface area contributed by atoms with Crippen molar-refractivity contribution in [3.05, 3.63) is 75.9 Å². The Bertz CT molecular complexity index is 875. The Balaban J connectivity index is 1.42. The number of hydrogen-bond acceptors (Lipinski definition) is 4. The van der Waals surface area contributed by atoms with E-state index in [1.165, 1.54) is 23.5 Å². The summed E-state index contributed by atoms with van der Waals surface area (Å²) in [5.41, 5.74) is 0.851. The van der Waals surface area contributed by atoms with Gasteiger partial charge in [0.25, 0.3) is 5.91 Å². The molecule has 1 amide bonds. The van der Waals surface area contributed by atoms with E-state index in [1.54, 1.807) is 12.3 Å². The number of hydrogen-bond donors (Lipinski definition) is 0. The highest BCUT2D eigenvalue weighted by molar-refractivity contribution is 7.12. The number of oxazole rings is 1. The summed E-state index contributed by atoms with van der Waals surface area (Å²) in [6.07, 6.45) is 3.05. The maximum Gasteiger partial charge on any atom is 0.263 e. The van der Waals surface area contributed by atoms with Crippen molar-refractivity contribution in [2.45, 2.75) is 18.8 Å². The van der Waals surface area contributed by atoms with Crippen LogP contribution in [0.2, 0.25) is 0 Å². The number of likely N-dealkylation sites (tertiary alicyclic amines) is 1. The van der Waals surface area contributed by atoms with Crippen LogP contribution in [-0.4, -0.2) is 28.9 Å². The second-order valence-corrected chi connectivity index (χ2v) is 7.13. The molecule has 25 heavy (non-hydrogen) atoms. The normalized spacial score (nSPS) is 17.2. The summed E-state index contributed by atoms with van der Waals surface area (Å²) in [5, 5.41) is 1.91. The van der Waals surface area contributed by atoms with Gasteiger partial charge < -0.3 is 9.32 Å². The van der Waals surface area contributed by atoms with Crippen LogP contribution in [0.25, 0.3) is 0 Å². The van der Waals surface area contributed by atoms with E-state index in [9.17, 15) is 9.18 Å². The van der Waals surface area contributed by atoms with E-state index >= 15 is 0 Å². The third-order valence-electron chi connectivity index (χ3n) is 4.40. The Labute approximate surface area is 148 Å². The van der Waals surface area contributed by atoms with Gasteiger partial charge in [-0.25, -0.2) is 9.37 Å². The minimum absolute atomic E-state index is 0.0732. The first-order valence-corrected chi connectivity index (χ1v) is 9.09. The van der Waals surface area contributed by atoms with E-state index in [0.717, 1.165) is 16.9 Å². The fourth-order valence-electron chi connectivity index (χ4n) is 3.14. The van der Waals surface area contributed by atoms with E-state index in [-0.39, 0.29) is 17.6 Å². The summed E-state index contributed by atoms with van der Waals surface area (Å²) in [5.74, 6) is 1.31. The van der Waals surface area contributed by atoms with Crippen molar-refractivity contribution in [3.8, 4) is 0 Å². The highest BCUT2D eigenvalue weighted by Crippen LogP contribution is 2.29. The number of thiophene rings is 1. The lowest BCUT2D eigenvalue weighted by molar-refractivity contribution is 0.0794. The van der Waals surface area contributed by atoms with Gasteiger partial charge in [-0.15, -0.1) is 11.3 Å². The van der Waals surface area contributed by atoms with Crippen molar-refractivity contribution in [2.75, 3.05) is 13.1 Å². The average molecular weight is 356 g/mol. The summed E-state index contributed by atoms with van der Waals surface area (Å²) in [7, 11) is 0. The molecule has 4 rings (SSSR count). The standard InChI is InChI=1S/C19H17FN2O2S/c20-15-4-1-3-13(9-15)10-16-11-21-18(24-16)14-6-7-22(12-14)19(23)17-5-2-8-25-17/h1-5,8-9,11,14H,6-7,10,12H2. The predicted octanol–water partition coefficient (Wildman–Crippen LogP) is 4.10. The number of benzene rings is 1. The van der Waals surface area contributed by atoms with Crippen LogP contribution in [0.1, 0.15) is 39.2 Å². The molecule has 0 spiro atoms. The number of amides is 1. The average Bonchev–Trinajstić information content (AvgIpc) is 3.35. The summed E-state index contributed by atoms with van der Waals surface area (Å²) >= 11 is 1.46. The molecule has 1 saturated heterocycles. The first-order valence-electron chi connectivity index (χ1n) is 8.21.